The Hall–Kier alpha value is -1.22. The normalized spacial score (nSPS) is 16.8. The number of ketones is 1. The van der Waals surface area contributed by atoms with E-state index in [4.69, 9.17) is 4.74 Å². The van der Waals surface area contributed by atoms with Crippen LogP contribution in [0.4, 0.5) is 4.39 Å². The first-order valence-electron chi connectivity index (χ1n) is 4.62. The highest BCUT2D eigenvalue weighted by Crippen LogP contribution is 2.20. The highest BCUT2D eigenvalue weighted by Gasteiger charge is 2.27. The first-order chi connectivity index (χ1) is 6.75. The molecule has 1 aliphatic carbocycles. The van der Waals surface area contributed by atoms with E-state index in [-0.39, 0.29) is 24.3 Å². The molecular formula is C11H11FO2. The largest absolute Gasteiger partial charge is 0.373 e. The van der Waals surface area contributed by atoms with Gasteiger partial charge in [0.2, 0.25) is 0 Å². The molecule has 0 bridgehead atoms. The predicted octanol–water partition coefficient (Wildman–Crippen LogP) is 2.07. The van der Waals surface area contributed by atoms with Gasteiger partial charge >= 0.3 is 0 Å². The SMILES string of the molecule is O=C1CC(OCc2ccccc2F)C1. The summed E-state index contributed by atoms with van der Waals surface area (Å²) in [6.45, 7) is 0.255. The van der Waals surface area contributed by atoms with E-state index in [0.717, 1.165) is 0 Å². The lowest BCUT2D eigenvalue weighted by atomic mass is 9.94. The van der Waals surface area contributed by atoms with Crippen molar-refractivity contribution in [1.29, 1.82) is 0 Å². The Kier molecular flexibility index (Phi) is 2.59. The van der Waals surface area contributed by atoms with Crippen LogP contribution in [0.25, 0.3) is 0 Å². The summed E-state index contributed by atoms with van der Waals surface area (Å²) >= 11 is 0. The van der Waals surface area contributed by atoms with Crippen LogP contribution in [-0.2, 0) is 16.1 Å². The van der Waals surface area contributed by atoms with Crippen molar-refractivity contribution < 1.29 is 13.9 Å². The Bertz CT molecular complexity index is 341. The standard InChI is InChI=1S/C11H11FO2/c12-11-4-2-1-3-8(11)7-14-10-5-9(13)6-10/h1-4,10H,5-7H2. The molecule has 0 spiro atoms. The van der Waals surface area contributed by atoms with Crippen molar-refractivity contribution >= 4 is 5.78 Å². The van der Waals surface area contributed by atoms with Crippen LogP contribution in [0.15, 0.2) is 24.3 Å². The lowest BCUT2D eigenvalue weighted by molar-refractivity contribution is -0.135. The number of carbonyl (C=O) groups excluding carboxylic acids is 1. The van der Waals surface area contributed by atoms with Gasteiger partial charge in [-0.2, -0.15) is 0 Å². The van der Waals surface area contributed by atoms with E-state index in [0.29, 0.717) is 18.4 Å². The summed E-state index contributed by atoms with van der Waals surface area (Å²) in [7, 11) is 0. The number of rotatable bonds is 3. The van der Waals surface area contributed by atoms with Gasteiger partial charge in [0, 0.05) is 18.4 Å². The Morgan fingerprint density at radius 3 is 2.71 bits per heavy atom. The summed E-state index contributed by atoms with van der Waals surface area (Å²) in [6.07, 6.45) is 0.963. The average molecular weight is 194 g/mol. The molecule has 0 radical (unpaired) electrons. The molecule has 14 heavy (non-hydrogen) atoms. The minimum Gasteiger partial charge on any atom is -0.373 e. The van der Waals surface area contributed by atoms with Crippen LogP contribution in [0.3, 0.4) is 0 Å². The number of hydrogen-bond donors (Lipinski definition) is 0. The molecule has 0 aliphatic heterocycles. The third-order valence-corrected chi connectivity index (χ3v) is 2.34. The molecule has 0 heterocycles. The van der Waals surface area contributed by atoms with E-state index in [9.17, 15) is 9.18 Å². The lowest BCUT2D eigenvalue weighted by Gasteiger charge is -2.24. The monoisotopic (exact) mass is 194 g/mol. The molecule has 0 atom stereocenters. The van der Waals surface area contributed by atoms with Gasteiger partial charge in [-0.25, -0.2) is 4.39 Å². The van der Waals surface area contributed by atoms with Crippen molar-refractivity contribution in [3.63, 3.8) is 0 Å². The summed E-state index contributed by atoms with van der Waals surface area (Å²) in [5.74, 6) is -0.0262. The quantitative estimate of drug-likeness (QED) is 0.736. The Morgan fingerprint density at radius 2 is 2.07 bits per heavy atom. The molecule has 0 amide bonds. The molecule has 0 saturated heterocycles. The number of Topliss-reactive ketones (excluding diaryl/α,β-unsaturated/α-hetero) is 1. The smallest absolute Gasteiger partial charge is 0.138 e. The van der Waals surface area contributed by atoms with Crippen LogP contribution in [-0.4, -0.2) is 11.9 Å². The number of halogens is 1. The van der Waals surface area contributed by atoms with Crippen molar-refractivity contribution in [1.82, 2.24) is 0 Å². The number of ether oxygens (including phenoxy) is 1. The number of carbonyl (C=O) groups is 1. The minimum atomic E-state index is -0.252. The van der Waals surface area contributed by atoms with Crippen molar-refractivity contribution in [3.05, 3.63) is 35.6 Å². The Balaban J connectivity index is 1.86. The second-order valence-electron chi connectivity index (χ2n) is 3.47. The molecule has 0 N–H and O–H groups in total. The van der Waals surface area contributed by atoms with Crippen LogP contribution >= 0.6 is 0 Å². The fraction of sp³-hybridized carbons (Fsp3) is 0.364. The van der Waals surface area contributed by atoms with Gasteiger partial charge in [-0.05, 0) is 6.07 Å². The van der Waals surface area contributed by atoms with Crippen LogP contribution in [0.1, 0.15) is 18.4 Å². The molecule has 1 aliphatic rings. The maximum Gasteiger partial charge on any atom is 0.138 e. The van der Waals surface area contributed by atoms with Crippen LogP contribution < -0.4 is 0 Å². The van der Waals surface area contributed by atoms with Gasteiger partial charge in [0.05, 0.1) is 12.7 Å². The van der Waals surface area contributed by atoms with Crippen molar-refractivity contribution in [2.75, 3.05) is 0 Å². The number of hydrogen-bond acceptors (Lipinski definition) is 2. The fourth-order valence-electron chi connectivity index (χ4n) is 1.39. The summed E-state index contributed by atoms with van der Waals surface area (Å²) < 4.78 is 18.4. The molecule has 3 heteroatoms. The van der Waals surface area contributed by atoms with E-state index in [2.05, 4.69) is 0 Å². The van der Waals surface area contributed by atoms with E-state index >= 15 is 0 Å². The van der Waals surface area contributed by atoms with Gasteiger partial charge in [-0.1, -0.05) is 18.2 Å². The highest BCUT2D eigenvalue weighted by atomic mass is 19.1. The van der Waals surface area contributed by atoms with Crippen molar-refractivity contribution in [2.24, 2.45) is 0 Å². The molecule has 1 fully saturated rings. The molecule has 2 rings (SSSR count). The van der Waals surface area contributed by atoms with Gasteiger partial charge in [0.15, 0.2) is 0 Å². The second-order valence-corrected chi connectivity index (χ2v) is 3.47. The van der Waals surface area contributed by atoms with E-state index < -0.39 is 0 Å². The number of benzene rings is 1. The van der Waals surface area contributed by atoms with Crippen molar-refractivity contribution in [3.8, 4) is 0 Å². The van der Waals surface area contributed by atoms with Crippen LogP contribution in [0.5, 0.6) is 0 Å². The average Bonchev–Trinajstić information content (AvgIpc) is 2.13. The first-order valence-corrected chi connectivity index (χ1v) is 4.62. The van der Waals surface area contributed by atoms with Gasteiger partial charge in [-0.3, -0.25) is 4.79 Å². The summed E-state index contributed by atoms with van der Waals surface area (Å²) in [4.78, 5) is 10.6. The zero-order chi connectivity index (χ0) is 9.97. The zero-order valence-electron chi connectivity index (χ0n) is 7.70. The first kappa shape index (κ1) is 9.34. The molecule has 2 nitrogen and oxygen atoms in total. The fourth-order valence-corrected chi connectivity index (χ4v) is 1.39. The third-order valence-electron chi connectivity index (χ3n) is 2.34. The molecule has 74 valence electrons. The van der Waals surface area contributed by atoms with E-state index in [1.807, 2.05) is 0 Å². The summed E-state index contributed by atoms with van der Waals surface area (Å²) in [6, 6.07) is 6.51. The van der Waals surface area contributed by atoms with Crippen LogP contribution in [0.2, 0.25) is 0 Å². The van der Waals surface area contributed by atoms with Gasteiger partial charge < -0.3 is 4.74 Å². The maximum absolute atomic E-state index is 13.1. The highest BCUT2D eigenvalue weighted by molar-refractivity contribution is 5.85. The maximum atomic E-state index is 13.1. The van der Waals surface area contributed by atoms with Gasteiger partial charge in [0.1, 0.15) is 11.6 Å². The van der Waals surface area contributed by atoms with Gasteiger partial charge in [-0.15, -0.1) is 0 Å². The Morgan fingerprint density at radius 1 is 1.36 bits per heavy atom. The molecular weight excluding hydrogens is 183 g/mol. The molecule has 1 aromatic carbocycles. The minimum absolute atomic E-state index is 0.00195. The third kappa shape index (κ3) is 1.99. The summed E-state index contributed by atoms with van der Waals surface area (Å²) in [5, 5.41) is 0. The molecule has 1 aromatic rings. The lowest BCUT2D eigenvalue weighted by Crippen LogP contribution is -2.31. The summed E-state index contributed by atoms with van der Waals surface area (Å²) in [5.41, 5.74) is 0.548. The van der Waals surface area contributed by atoms with E-state index in [1.54, 1.807) is 18.2 Å². The predicted molar refractivity (Wildman–Crippen MR) is 49.2 cm³/mol. The zero-order valence-corrected chi connectivity index (χ0v) is 7.70. The second kappa shape index (κ2) is 3.88. The van der Waals surface area contributed by atoms with E-state index in [1.165, 1.54) is 6.07 Å². The Labute approximate surface area is 81.7 Å². The molecule has 0 aromatic heterocycles. The van der Waals surface area contributed by atoms with Crippen molar-refractivity contribution in [2.45, 2.75) is 25.6 Å². The molecule has 1 saturated carbocycles. The van der Waals surface area contributed by atoms with Crippen LogP contribution in [0, 0.1) is 5.82 Å². The topological polar surface area (TPSA) is 26.3 Å². The molecule has 0 unspecified atom stereocenters. The van der Waals surface area contributed by atoms with Gasteiger partial charge in [0.25, 0.3) is 0 Å².